The van der Waals surface area contributed by atoms with Gasteiger partial charge in [0.2, 0.25) is 11.8 Å². The van der Waals surface area contributed by atoms with E-state index in [4.69, 9.17) is 0 Å². The molecular formula is C20H25N3O2S. The Morgan fingerprint density at radius 2 is 2.04 bits per heavy atom. The molecule has 2 heterocycles. The summed E-state index contributed by atoms with van der Waals surface area (Å²) in [4.78, 5) is 30.8. The molecule has 0 saturated carbocycles. The lowest BCUT2D eigenvalue weighted by Gasteiger charge is -2.31. The van der Waals surface area contributed by atoms with Gasteiger partial charge in [-0.2, -0.15) is 0 Å². The van der Waals surface area contributed by atoms with Gasteiger partial charge in [0.15, 0.2) is 5.13 Å². The quantitative estimate of drug-likeness (QED) is 0.865. The number of benzene rings is 1. The largest absolute Gasteiger partial charge is 0.342 e. The van der Waals surface area contributed by atoms with Gasteiger partial charge in [0.1, 0.15) is 0 Å². The average Bonchev–Trinajstić information content (AvgIpc) is 3.16. The van der Waals surface area contributed by atoms with Crippen molar-refractivity contribution in [3.05, 3.63) is 35.2 Å². The van der Waals surface area contributed by atoms with Crippen LogP contribution in [0.4, 0.5) is 5.13 Å². The number of carbonyl (C=O) groups excluding carboxylic acids is 2. The summed E-state index contributed by atoms with van der Waals surface area (Å²) < 4.78 is 0. The summed E-state index contributed by atoms with van der Waals surface area (Å²) in [5.41, 5.74) is 3.22. The lowest BCUT2D eigenvalue weighted by Crippen LogP contribution is -2.43. The number of carbonyl (C=O) groups is 2. The van der Waals surface area contributed by atoms with Crippen LogP contribution in [0.1, 0.15) is 38.7 Å². The molecule has 3 rings (SSSR count). The lowest BCUT2D eigenvalue weighted by atomic mass is 9.97. The molecule has 1 aliphatic heterocycles. The summed E-state index contributed by atoms with van der Waals surface area (Å²) in [7, 11) is 0. The average molecular weight is 372 g/mol. The van der Waals surface area contributed by atoms with Gasteiger partial charge in [0.05, 0.1) is 11.6 Å². The lowest BCUT2D eigenvalue weighted by molar-refractivity contribution is -0.134. The number of nitrogens with one attached hydrogen (secondary N) is 1. The van der Waals surface area contributed by atoms with Crippen molar-refractivity contribution < 1.29 is 9.59 Å². The molecule has 1 aromatic heterocycles. The van der Waals surface area contributed by atoms with E-state index in [0.29, 0.717) is 18.1 Å². The van der Waals surface area contributed by atoms with E-state index in [0.717, 1.165) is 37.1 Å². The minimum absolute atomic E-state index is 0.0409. The van der Waals surface area contributed by atoms with Crippen LogP contribution in [0.5, 0.6) is 0 Å². The maximum Gasteiger partial charge on any atom is 0.231 e. The summed E-state index contributed by atoms with van der Waals surface area (Å²) in [6.07, 6.45) is 3.19. The number of amides is 2. The molecular weight excluding hydrogens is 346 g/mol. The molecule has 1 aliphatic rings. The van der Waals surface area contributed by atoms with Crippen molar-refractivity contribution in [3.63, 3.8) is 0 Å². The van der Waals surface area contributed by atoms with E-state index in [1.54, 1.807) is 4.90 Å². The first kappa shape index (κ1) is 18.6. The van der Waals surface area contributed by atoms with Crippen LogP contribution in [-0.2, 0) is 16.0 Å². The van der Waals surface area contributed by atoms with Gasteiger partial charge in [-0.1, -0.05) is 38.1 Å². The van der Waals surface area contributed by atoms with Crippen LogP contribution >= 0.6 is 11.3 Å². The minimum atomic E-state index is -0.157. The second-order valence-electron chi connectivity index (χ2n) is 6.61. The monoisotopic (exact) mass is 371 g/mol. The van der Waals surface area contributed by atoms with Crippen molar-refractivity contribution in [1.29, 1.82) is 0 Å². The molecule has 2 amide bonds. The zero-order chi connectivity index (χ0) is 18.5. The Labute approximate surface area is 158 Å². The zero-order valence-corrected chi connectivity index (χ0v) is 16.1. The fourth-order valence-electron chi connectivity index (χ4n) is 3.22. The second-order valence-corrected chi connectivity index (χ2v) is 7.47. The summed E-state index contributed by atoms with van der Waals surface area (Å²) in [6, 6.07) is 8.34. The molecule has 1 fully saturated rings. The highest BCUT2D eigenvalue weighted by Gasteiger charge is 2.28. The van der Waals surface area contributed by atoms with Crippen molar-refractivity contribution >= 4 is 28.3 Å². The fraction of sp³-hybridized carbons (Fsp3) is 0.450. The molecule has 1 N–H and O–H groups in total. The van der Waals surface area contributed by atoms with Crippen molar-refractivity contribution in [2.75, 3.05) is 18.4 Å². The first-order valence-corrected chi connectivity index (χ1v) is 10.1. The standard InChI is InChI=1S/C20H25N3O2S/c1-3-14-7-9-15(10-8-14)17-13-26-20(21-17)22-19(25)16-6-5-11-23(12-16)18(24)4-2/h7-10,13,16H,3-6,11-12H2,1-2H3,(H,21,22,25). The molecule has 1 aromatic carbocycles. The number of piperidine rings is 1. The third-order valence-electron chi connectivity index (χ3n) is 4.84. The Hall–Kier alpha value is -2.21. The van der Waals surface area contributed by atoms with E-state index >= 15 is 0 Å². The summed E-state index contributed by atoms with van der Waals surface area (Å²) in [5.74, 6) is -0.0779. The van der Waals surface area contributed by atoms with Crippen molar-refractivity contribution in [1.82, 2.24) is 9.88 Å². The van der Waals surface area contributed by atoms with Crippen molar-refractivity contribution in [3.8, 4) is 11.3 Å². The molecule has 1 saturated heterocycles. The van der Waals surface area contributed by atoms with Gasteiger partial charge in [0.25, 0.3) is 0 Å². The van der Waals surface area contributed by atoms with Gasteiger partial charge >= 0.3 is 0 Å². The molecule has 1 unspecified atom stereocenters. The predicted molar refractivity (Wildman–Crippen MR) is 105 cm³/mol. The molecule has 26 heavy (non-hydrogen) atoms. The number of likely N-dealkylation sites (tertiary alicyclic amines) is 1. The Kier molecular flexibility index (Phi) is 6.04. The van der Waals surface area contributed by atoms with Gasteiger partial charge in [-0.25, -0.2) is 4.98 Å². The molecule has 0 aliphatic carbocycles. The van der Waals surface area contributed by atoms with Crippen LogP contribution in [0.15, 0.2) is 29.6 Å². The van der Waals surface area contributed by atoms with Gasteiger partial charge in [-0.15, -0.1) is 11.3 Å². The smallest absolute Gasteiger partial charge is 0.231 e. The third-order valence-corrected chi connectivity index (χ3v) is 5.60. The number of aryl methyl sites for hydroxylation is 1. The van der Waals surface area contributed by atoms with Gasteiger partial charge in [-0.05, 0) is 24.8 Å². The highest BCUT2D eigenvalue weighted by Crippen LogP contribution is 2.26. The van der Waals surface area contributed by atoms with Crippen LogP contribution in [-0.4, -0.2) is 34.8 Å². The predicted octanol–water partition coefficient (Wildman–Crippen LogP) is 3.96. The molecule has 0 bridgehead atoms. The number of aromatic nitrogens is 1. The zero-order valence-electron chi connectivity index (χ0n) is 15.3. The molecule has 1 atom stereocenters. The third kappa shape index (κ3) is 4.30. The molecule has 0 spiro atoms. The van der Waals surface area contributed by atoms with Crippen molar-refractivity contribution in [2.24, 2.45) is 5.92 Å². The highest BCUT2D eigenvalue weighted by atomic mass is 32.1. The summed E-state index contributed by atoms with van der Waals surface area (Å²) >= 11 is 1.43. The highest BCUT2D eigenvalue weighted by molar-refractivity contribution is 7.14. The topological polar surface area (TPSA) is 62.3 Å². The first-order chi connectivity index (χ1) is 12.6. The number of hydrogen-bond acceptors (Lipinski definition) is 4. The van der Waals surface area contributed by atoms with Gasteiger partial charge < -0.3 is 10.2 Å². The molecule has 5 nitrogen and oxygen atoms in total. The Bertz CT molecular complexity index is 770. The Morgan fingerprint density at radius 3 is 2.73 bits per heavy atom. The van der Waals surface area contributed by atoms with E-state index in [9.17, 15) is 9.59 Å². The van der Waals surface area contributed by atoms with Crippen LogP contribution < -0.4 is 5.32 Å². The first-order valence-electron chi connectivity index (χ1n) is 9.24. The molecule has 0 radical (unpaired) electrons. The van der Waals surface area contributed by atoms with Crippen LogP contribution in [0.3, 0.4) is 0 Å². The molecule has 6 heteroatoms. The van der Waals surface area contributed by atoms with E-state index in [2.05, 4.69) is 41.5 Å². The molecule has 138 valence electrons. The SMILES string of the molecule is CCC(=O)N1CCCC(C(=O)Nc2nc(-c3ccc(CC)cc3)cs2)C1. The van der Waals surface area contributed by atoms with E-state index in [1.807, 2.05) is 12.3 Å². The number of thiazole rings is 1. The Morgan fingerprint density at radius 1 is 1.27 bits per heavy atom. The van der Waals surface area contributed by atoms with E-state index < -0.39 is 0 Å². The van der Waals surface area contributed by atoms with E-state index in [-0.39, 0.29) is 17.7 Å². The minimum Gasteiger partial charge on any atom is -0.342 e. The number of anilines is 1. The normalized spacial score (nSPS) is 17.2. The number of hydrogen-bond donors (Lipinski definition) is 1. The van der Waals surface area contributed by atoms with Crippen LogP contribution in [0.2, 0.25) is 0 Å². The Balaban J connectivity index is 1.63. The van der Waals surface area contributed by atoms with Crippen LogP contribution in [0.25, 0.3) is 11.3 Å². The van der Waals surface area contributed by atoms with Gasteiger partial charge in [0, 0.05) is 30.5 Å². The fourth-order valence-corrected chi connectivity index (χ4v) is 3.95. The maximum absolute atomic E-state index is 12.6. The molecule has 2 aromatic rings. The van der Waals surface area contributed by atoms with Crippen LogP contribution in [0, 0.1) is 5.92 Å². The summed E-state index contributed by atoms with van der Waals surface area (Å²) in [6.45, 7) is 5.25. The van der Waals surface area contributed by atoms with E-state index in [1.165, 1.54) is 16.9 Å². The van der Waals surface area contributed by atoms with Crippen molar-refractivity contribution in [2.45, 2.75) is 39.5 Å². The maximum atomic E-state index is 12.6. The van der Waals surface area contributed by atoms with Gasteiger partial charge in [-0.3, -0.25) is 9.59 Å². The summed E-state index contributed by atoms with van der Waals surface area (Å²) in [5, 5.41) is 5.51. The number of rotatable bonds is 5. The number of nitrogens with zero attached hydrogens (tertiary/aromatic N) is 2. The second kappa shape index (κ2) is 8.45.